The van der Waals surface area contributed by atoms with Gasteiger partial charge in [-0.3, -0.25) is 19.5 Å². The lowest BCUT2D eigenvalue weighted by Gasteiger charge is -2.39. The van der Waals surface area contributed by atoms with E-state index in [1.165, 1.54) is 5.56 Å². The molecule has 1 aromatic heterocycles. The van der Waals surface area contributed by atoms with Gasteiger partial charge in [0, 0.05) is 71.7 Å². The molecular weight excluding hydrogens is 332 g/mol. The molecule has 142 valence electrons. The van der Waals surface area contributed by atoms with Crippen molar-refractivity contribution in [1.82, 2.24) is 19.7 Å². The standard InChI is InChI=1S/C19H28N4O3/c1-26-12-11-23-15-17(4-5-18(23)24)19(25)22-9-7-21(8-10-22)14-16-3-2-6-20-13-16/h2-3,6,13,17H,4-5,7-12,14-15H2,1H3/t17-/m1/s1. The number of piperidine rings is 1. The molecule has 26 heavy (non-hydrogen) atoms. The van der Waals surface area contributed by atoms with Crippen molar-refractivity contribution in [3.63, 3.8) is 0 Å². The number of carbonyl (C=O) groups excluding carboxylic acids is 2. The summed E-state index contributed by atoms with van der Waals surface area (Å²) in [6, 6.07) is 4.03. The maximum absolute atomic E-state index is 12.9. The third kappa shape index (κ3) is 4.80. The largest absolute Gasteiger partial charge is 0.383 e. The van der Waals surface area contributed by atoms with Gasteiger partial charge in [0.15, 0.2) is 0 Å². The lowest BCUT2D eigenvalue weighted by molar-refractivity contribution is -0.144. The average molecular weight is 360 g/mol. The molecule has 0 N–H and O–H groups in total. The third-order valence-electron chi connectivity index (χ3n) is 5.23. The zero-order valence-corrected chi connectivity index (χ0v) is 15.5. The summed E-state index contributed by atoms with van der Waals surface area (Å²) in [6.07, 6.45) is 4.80. The van der Waals surface area contributed by atoms with Crippen LogP contribution in [0.15, 0.2) is 24.5 Å². The molecule has 2 aliphatic rings. The molecule has 3 rings (SSSR count). The van der Waals surface area contributed by atoms with Gasteiger partial charge in [0.1, 0.15) is 0 Å². The third-order valence-corrected chi connectivity index (χ3v) is 5.23. The van der Waals surface area contributed by atoms with Gasteiger partial charge in [-0.1, -0.05) is 6.07 Å². The first-order valence-corrected chi connectivity index (χ1v) is 9.34. The molecule has 0 radical (unpaired) electrons. The van der Waals surface area contributed by atoms with Crippen molar-refractivity contribution in [2.75, 3.05) is 53.0 Å². The zero-order valence-electron chi connectivity index (χ0n) is 15.5. The highest BCUT2D eigenvalue weighted by atomic mass is 16.5. The molecule has 2 amide bonds. The van der Waals surface area contributed by atoms with Gasteiger partial charge in [-0.05, 0) is 18.1 Å². The molecule has 2 saturated heterocycles. The second-order valence-corrected chi connectivity index (χ2v) is 7.03. The Balaban J connectivity index is 1.48. The number of hydrogen-bond acceptors (Lipinski definition) is 5. The molecule has 2 fully saturated rings. The average Bonchev–Trinajstić information content (AvgIpc) is 2.68. The van der Waals surface area contributed by atoms with Gasteiger partial charge in [0.2, 0.25) is 11.8 Å². The van der Waals surface area contributed by atoms with Gasteiger partial charge in [0.05, 0.1) is 12.5 Å². The Labute approximate surface area is 154 Å². The van der Waals surface area contributed by atoms with Crippen LogP contribution in [-0.4, -0.2) is 84.5 Å². The number of piperazine rings is 1. The van der Waals surface area contributed by atoms with Crippen molar-refractivity contribution >= 4 is 11.8 Å². The summed E-state index contributed by atoms with van der Waals surface area (Å²) in [7, 11) is 1.63. The van der Waals surface area contributed by atoms with E-state index in [0.29, 0.717) is 32.5 Å². The second-order valence-electron chi connectivity index (χ2n) is 7.03. The van der Waals surface area contributed by atoms with Crippen LogP contribution in [0.25, 0.3) is 0 Å². The molecule has 0 spiro atoms. The Morgan fingerprint density at radius 3 is 2.81 bits per heavy atom. The fourth-order valence-corrected chi connectivity index (χ4v) is 3.67. The molecule has 3 heterocycles. The van der Waals surface area contributed by atoms with Crippen LogP contribution in [0.4, 0.5) is 0 Å². The van der Waals surface area contributed by atoms with Crippen LogP contribution in [-0.2, 0) is 20.9 Å². The quantitative estimate of drug-likeness (QED) is 0.744. The number of aromatic nitrogens is 1. The molecule has 0 unspecified atom stereocenters. The van der Waals surface area contributed by atoms with Crippen molar-refractivity contribution in [3.05, 3.63) is 30.1 Å². The molecule has 0 saturated carbocycles. The van der Waals surface area contributed by atoms with Gasteiger partial charge in [0.25, 0.3) is 0 Å². The van der Waals surface area contributed by atoms with Crippen molar-refractivity contribution < 1.29 is 14.3 Å². The van der Waals surface area contributed by atoms with Crippen LogP contribution in [0.1, 0.15) is 18.4 Å². The van der Waals surface area contributed by atoms with Gasteiger partial charge >= 0.3 is 0 Å². The summed E-state index contributed by atoms with van der Waals surface area (Å²) in [4.78, 5) is 35.1. The molecule has 2 aliphatic heterocycles. The maximum Gasteiger partial charge on any atom is 0.227 e. The number of hydrogen-bond donors (Lipinski definition) is 0. The highest BCUT2D eigenvalue weighted by Gasteiger charge is 2.33. The monoisotopic (exact) mass is 360 g/mol. The van der Waals surface area contributed by atoms with Crippen LogP contribution in [0.3, 0.4) is 0 Å². The van der Waals surface area contributed by atoms with E-state index in [0.717, 1.165) is 32.7 Å². The van der Waals surface area contributed by atoms with Gasteiger partial charge in [-0.2, -0.15) is 0 Å². The number of nitrogens with zero attached hydrogens (tertiary/aromatic N) is 4. The first-order chi connectivity index (χ1) is 12.7. The summed E-state index contributed by atoms with van der Waals surface area (Å²) >= 11 is 0. The molecule has 0 aliphatic carbocycles. The minimum Gasteiger partial charge on any atom is -0.383 e. The molecule has 1 atom stereocenters. The first-order valence-electron chi connectivity index (χ1n) is 9.34. The zero-order chi connectivity index (χ0) is 18.4. The molecular formula is C19H28N4O3. The minimum atomic E-state index is -0.0746. The van der Waals surface area contributed by atoms with Crippen molar-refractivity contribution in [3.8, 4) is 0 Å². The van der Waals surface area contributed by atoms with E-state index in [1.807, 2.05) is 17.2 Å². The van der Waals surface area contributed by atoms with Crippen LogP contribution in [0.2, 0.25) is 0 Å². The van der Waals surface area contributed by atoms with E-state index >= 15 is 0 Å². The van der Waals surface area contributed by atoms with E-state index in [-0.39, 0.29) is 17.7 Å². The maximum atomic E-state index is 12.9. The Kier molecular flexibility index (Phi) is 6.57. The fraction of sp³-hybridized carbons (Fsp3) is 0.632. The number of likely N-dealkylation sites (tertiary alicyclic amines) is 1. The smallest absolute Gasteiger partial charge is 0.227 e. The van der Waals surface area contributed by atoms with Crippen molar-refractivity contribution in [2.45, 2.75) is 19.4 Å². The molecule has 0 aromatic carbocycles. The molecule has 7 heteroatoms. The normalized spacial score (nSPS) is 21.9. The first kappa shape index (κ1) is 18.8. The van der Waals surface area contributed by atoms with Gasteiger partial charge < -0.3 is 14.5 Å². The van der Waals surface area contributed by atoms with E-state index in [9.17, 15) is 9.59 Å². The summed E-state index contributed by atoms with van der Waals surface area (Å²) in [5.41, 5.74) is 1.20. The number of rotatable bonds is 6. The number of ether oxygens (including phenoxy) is 1. The van der Waals surface area contributed by atoms with E-state index in [2.05, 4.69) is 16.0 Å². The number of carbonyl (C=O) groups is 2. The summed E-state index contributed by atoms with van der Waals surface area (Å²) in [6.45, 7) is 5.73. The highest BCUT2D eigenvalue weighted by molar-refractivity contribution is 5.84. The Morgan fingerprint density at radius 2 is 2.12 bits per heavy atom. The van der Waals surface area contributed by atoms with Gasteiger partial charge in [-0.15, -0.1) is 0 Å². The lowest BCUT2D eigenvalue weighted by Crippen LogP contribution is -2.53. The Morgan fingerprint density at radius 1 is 1.31 bits per heavy atom. The van der Waals surface area contributed by atoms with E-state index in [1.54, 1.807) is 18.2 Å². The van der Waals surface area contributed by atoms with Crippen LogP contribution < -0.4 is 0 Å². The highest BCUT2D eigenvalue weighted by Crippen LogP contribution is 2.21. The topological polar surface area (TPSA) is 66.0 Å². The van der Waals surface area contributed by atoms with Crippen LogP contribution in [0.5, 0.6) is 0 Å². The Hall–Kier alpha value is -1.99. The summed E-state index contributed by atoms with van der Waals surface area (Å²) in [5, 5.41) is 0. The molecule has 0 bridgehead atoms. The van der Waals surface area contributed by atoms with Crippen molar-refractivity contribution in [1.29, 1.82) is 0 Å². The number of methoxy groups -OCH3 is 1. The van der Waals surface area contributed by atoms with Crippen LogP contribution in [0, 0.1) is 5.92 Å². The fourth-order valence-electron chi connectivity index (χ4n) is 3.67. The summed E-state index contributed by atoms with van der Waals surface area (Å²) < 4.78 is 5.07. The summed E-state index contributed by atoms with van der Waals surface area (Å²) in [5.74, 6) is 0.253. The predicted molar refractivity (Wildman–Crippen MR) is 97.3 cm³/mol. The SMILES string of the molecule is COCCN1C[C@H](C(=O)N2CCN(Cc3cccnc3)CC2)CCC1=O. The predicted octanol–water partition coefficient (Wildman–Crippen LogP) is 0.611. The number of pyridine rings is 1. The number of amides is 2. The van der Waals surface area contributed by atoms with Crippen LogP contribution >= 0.6 is 0 Å². The second kappa shape index (κ2) is 9.09. The minimum absolute atomic E-state index is 0.0746. The molecule has 1 aromatic rings. The van der Waals surface area contributed by atoms with E-state index < -0.39 is 0 Å². The van der Waals surface area contributed by atoms with Gasteiger partial charge in [-0.25, -0.2) is 0 Å². The molecule has 7 nitrogen and oxygen atoms in total. The lowest BCUT2D eigenvalue weighted by atomic mass is 9.95. The van der Waals surface area contributed by atoms with E-state index in [4.69, 9.17) is 4.74 Å². The Bertz CT molecular complexity index is 602. The van der Waals surface area contributed by atoms with Crippen molar-refractivity contribution in [2.24, 2.45) is 5.92 Å².